The van der Waals surface area contributed by atoms with E-state index in [-0.39, 0.29) is 11.9 Å². The topological polar surface area (TPSA) is 55.8 Å². The fourth-order valence-corrected chi connectivity index (χ4v) is 3.40. The van der Waals surface area contributed by atoms with Crippen LogP contribution in [0.1, 0.15) is 53.0 Å². The van der Waals surface area contributed by atoms with Crippen molar-refractivity contribution >= 4 is 17.6 Å². The summed E-state index contributed by atoms with van der Waals surface area (Å²) in [6.45, 7) is 5.62. The molecule has 0 saturated heterocycles. The number of hydrogen-bond acceptors (Lipinski definition) is 4. The van der Waals surface area contributed by atoms with Gasteiger partial charge in [0, 0.05) is 17.8 Å². The fourth-order valence-electron chi connectivity index (χ4n) is 3.40. The quantitative estimate of drug-likeness (QED) is 0.692. The molecular weight excluding hydrogens is 354 g/mol. The van der Waals surface area contributed by atoms with Gasteiger partial charge in [0.2, 0.25) is 0 Å². The van der Waals surface area contributed by atoms with Crippen molar-refractivity contribution in [3.63, 3.8) is 0 Å². The first-order valence-corrected chi connectivity index (χ1v) is 9.76. The predicted molar refractivity (Wildman–Crippen MR) is 109 cm³/mol. The average molecular weight is 381 g/mol. The Kier molecular flexibility index (Phi) is 6.34. The van der Waals surface area contributed by atoms with Crippen LogP contribution < -0.4 is 9.64 Å². The van der Waals surface area contributed by atoms with Gasteiger partial charge >= 0.3 is 5.97 Å². The van der Waals surface area contributed by atoms with Gasteiger partial charge in [-0.15, -0.1) is 0 Å². The summed E-state index contributed by atoms with van der Waals surface area (Å²) in [7, 11) is 1.37. The first kappa shape index (κ1) is 19.9. The van der Waals surface area contributed by atoms with E-state index in [0.29, 0.717) is 30.2 Å². The minimum absolute atomic E-state index is 0.0725. The number of amides is 1. The summed E-state index contributed by atoms with van der Waals surface area (Å²) in [5.41, 5.74) is 2.80. The van der Waals surface area contributed by atoms with Crippen molar-refractivity contribution in [1.82, 2.24) is 0 Å². The minimum atomic E-state index is -0.367. The zero-order chi connectivity index (χ0) is 20.1. The van der Waals surface area contributed by atoms with Crippen molar-refractivity contribution in [1.29, 1.82) is 0 Å². The molecule has 0 atom stereocenters. The predicted octanol–water partition coefficient (Wildman–Crippen LogP) is 4.49. The molecule has 3 rings (SSSR count). The Bertz CT molecular complexity index is 842. The number of ether oxygens (including phenoxy) is 2. The molecule has 5 nitrogen and oxygen atoms in total. The molecule has 1 heterocycles. The summed E-state index contributed by atoms with van der Waals surface area (Å²) in [4.78, 5) is 26.9. The number of nitrogens with zero attached hydrogens (tertiary/aromatic N) is 1. The number of anilines is 1. The van der Waals surface area contributed by atoms with Gasteiger partial charge in [0.25, 0.3) is 5.91 Å². The van der Waals surface area contributed by atoms with Gasteiger partial charge in [-0.1, -0.05) is 19.9 Å². The van der Waals surface area contributed by atoms with Gasteiger partial charge in [-0.2, -0.15) is 0 Å². The van der Waals surface area contributed by atoms with E-state index in [2.05, 4.69) is 13.8 Å². The van der Waals surface area contributed by atoms with Crippen LogP contribution in [0.4, 0.5) is 5.69 Å². The molecule has 0 spiro atoms. The smallest absolute Gasteiger partial charge is 0.338 e. The Hall–Kier alpha value is -2.82. The maximum Gasteiger partial charge on any atom is 0.338 e. The molecule has 0 aromatic heterocycles. The average Bonchev–Trinajstić information content (AvgIpc) is 2.72. The molecule has 0 fully saturated rings. The number of hydrogen-bond donors (Lipinski definition) is 0. The minimum Gasteiger partial charge on any atom is -0.494 e. The number of methoxy groups -OCH3 is 1. The van der Waals surface area contributed by atoms with Gasteiger partial charge in [0.15, 0.2) is 0 Å². The maximum absolute atomic E-state index is 13.1. The highest BCUT2D eigenvalue weighted by Crippen LogP contribution is 2.31. The third-order valence-electron chi connectivity index (χ3n) is 4.97. The second kappa shape index (κ2) is 8.91. The normalized spacial score (nSPS) is 13.2. The second-order valence-corrected chi connectivity index (χ2v) is 7.41. The molecule has 0 unspecified atom stereocenters. The fraction of sp³-hybridized carbons (Fsp3) is 0.391. The van der Waals surface area contributed by atoms with Crippen molar-refractivity contribution in [3.8, 4) is 5.75 Å². The monoisotopic (exact) mass is 381 g/mol. The summed E-state index contributed by atoms with van der Waals surface area (Å²) in [6, 6.07) is 12.7. The van der Waals surface area contributed by atoms with Crippen LogP contribution in [-0.2, 0) is 11.2 Å². The molecule has 0 bridgehead atoms. The van der Waals surface area contributed by atoms with Crippen LogP contribution >= 0.6 is 0 Å². The van der Waals surface area contributed by atoms with E-state index >= 15 is 0 Å². The Morgan fingerprint density at radius 2 is 1.86 bits per heavy atom. The van der Waals surface area contributed by atoms with E-state index in [0.717, 1.165) is 36.3 Å². The van der Waals surface area contributed by atoms with Gasteiger partial charge in [-0.25, -0.2) is 4.79 Å². The third kappa shape index (κ3) is 4.35. The molecule has 1 amide bonds. The first-order valence-electron chi connectivity index (χ1n) is 9.76. The first-order chi connectivity index (χ1) is 13.5. The Morgan fingerprint density at radius 1 is 1.11 bits per heavy atom. The highest BCUT2D eigenvalue weighted by Gasteiger charge is 2.27. The van der Waals surface area contributed by atoms with E-state index in [1.54, 1.807) is 29.2 Å². The molecule has 1 aliphatic heterocycles. The van der Waals surface area contributed by atoms with Crippen molar-refractivity contribution in [2.24, 2.45) is 5.92 Å². The lowest BCUT2D eigenvalue weighted by molar-refractivity contribution is 0.0599. The van der Waals surface area contributed by atoms with Crippen molar-refractivity contribution in [2.75, 3.05) is 25.2 Å². The molecule has 1 aliphatic rings. The van der Waals surface area contributed by atoms with E-state index < -0.39 is 0 Å². The summed E-state index contributed by atoms with van der Waals surface area (Å²) in [5, 5.41) is 0. The Balaban J connectivity index is 1.78. The zero-order valence-corrected chi connectivity index (χ0v) is 16.7. The molecule has 0 aliphatic carbocycles. The van der Waals surface area contributed by atoms with Crippen molar-refractivity contribution < 1.29 is 19.1 Å². The Labute approximate surface area is 166 Å². The highest BCUT2D eigenvalue weighted by atomic mass is 16.5. The van der Waals surface area contributed by atoms with Crippen LogP contribution in [0, 0.1) is 5.92 Å². The van der Waals surface area contributed by atoms with E-state index in [9.17, 15) is 9.59 Å². The molecule has 0 radical (unpaired) electrons. The highest BCUT2D eigenvalue weighted by molar-refractivity contribution is 6.07. The number of rotatable bonds is 6. The maximum atomic E-state index is 13.1. The van der Waals surface area contributed by atoms with Gasteiger partial charge in [-0.05, 0) is 67.1 Å². The second-order valence-electron chi connectivity index (χ2n) is 7.41. The molecule has 5 heteroatoms. The van der Waals surface area contributed by atoms with Crippen molar-refractivity contribution in [2.45, 2.75) is 33.1 Å². The van der Waals surface area contributed by atoms with Gasteiger partial charge in [0.1, 0.15) is 5.75 Å². The lowest BCUT2D eigenvalue weighted by Gasteiger charge is -2.30. The van der Waals surface area contributed by atoms with Crippen LogP contribution in [0.15, 0.2) is 42.5 Å². The molecule has 0 N–H and O–H groups in total. The number of carbonyl (C=O) groups excluding carboxylic acids is 2. The van der Waals surface area contributed by atoms with Crippen LogP contribution in [0.25, 0.3) is 0 Å². The van der Waals surface area contributed by atoms with Crippen molar-refractivity contribution in [3.05, 3.63) is 59.2 Å². The molecule has 148 valence electrons. The van der Waals surface area contributed by atoms with Crippen LogP contribution in [0.3, 0.4) is 0 Å². The van der Waals surface area contributed by atoms with Crippen LogP contribution in [0.2, 0.25) is 0 Å². The summed E-state index contributed by atoms with van der Waals surface area (Å²) in [6.07, 6.45) is 2.56. The Morgan fingerprint density at radius 3 is 2.54 bits per heavy atom. The molecule has 2 aromatic rings. The summed E-state index contributed by atoms with van der Waals surface area (Å²) < 4.78 is 10.6. The lowest BCUT2D eigenvalue weighted by atomic mass is 9.95. The van der Waals surface area contributed by atoms with E-state index in [1.165, 1.54) is 7.11 Å². The SMILES string of the molecule is COC(=O)c1cccc2c1CCCN2C(=O)c1ccc(OCCC(C)C)cc1. The zero-order valence-electron chi connectivity index (χ0n) is 16.7. The largest absolute Gasteiger partial charge is 0.494 e. The summed E-state index contributed by atoms with van der Waals surface area (Å²) >= 11 is 0. The molecular formula is C23H27NO4. The molecule has 2 aromatic carbocycles. The van der Waals surface area contributed by atoms with Gasteiger partial charge < -0.3 is 14.4 Å². The van der Waals surface area contributed by atoms with E-state index in [1.807, 2.05) is 18.2 Å². The third-order valence-corrected chi connectivity index (χ3v) is 4.97. The van der Waals surface area contributed by atoms with Crippen LogP contribution in [0.5, 0.6) is 5.75 Å². The number of fused-ring (bicyclic) bond motifs is 1. The van der Waals surface area contributed by atoms with Gasteiger partial charge in [-0.3, -0.25) is 4.79 Å². The standard InChI is InChI=1S/C23H27NO4/c1-16(2)13-15-28-18-11-9-17(10-12-18)22(25)24-14-5-7-19-20(23(26)27-3)6-4-8-21(19)24/h4,6,8-12,16H,5,7,13-15H2,1-3H3. The summed E-state index contributed by atoms with van der Waals surface area (Å²) in [5.74, 6) is 0.921. The number of carbonyl (C=O) groups is 2. The number of esters is 1. The van der Waals surface area contributed by atoms with Crippen LogP contribution in [-0.4, -0.2) is 32.1 Å². The van der Waals surface area contributed by atoms with E-state index in [4.69, 9.17) is 9.47 Å². The molecule has 0 saturated carbocycles. The molecule has 28 heavy (non-hydrogen) atoms. The van der Waals surface area contributed by atoms with Gasteiger partial charge in [0.05, 0.1) is 19.3 Å². The number of benzene rings is 2. The lowest BCUT2D eigenvalue weighted by Crippen LogP contribution is -2.36.